The second-order valence-corrected chi connectivity index (χ2v) is 8.20. The van der Waals surface area contributed by atoms with Crippen molar-refractivity contribution in [2.45, 2.75) is 30.2 Å². The van der Waals surface area contributed by atoms with Crippen LogP contribution in [0.2, 0.25) is 0 Å². The van der Waals surface area contributed by atoms with E-state index in [1.165, 1.54) is 12.1 Å². The first-order valence-electron chi connectivity index (χ1n) is 8.39. The van der Waals surface area contributed by atoms with Crippen LogP contribution in [0.1, 0.15) is 19.3 Å². The zero-order valence-corrected chi connectivity index (χ0v) is 15.1. The van der Waals surface area contributed by atoms with Crippen molar-refractivity contribution in [3.8, 4) is 0 Å². The Hall–Kier alpha value is -2.52. The van der Waals surface area contributed by atoms with Gasteiger partial charge in [0.2, 0.25) is 5.91 Å². The van der Waals surface area contributed by atoms with Crippen LogP contribution in [0.4, 0.5) is 20.2 Å². The lowest BCUT2D eigenvalue weighted by molar-refractivity contribution is -0.119. The standard InChI is InChI=1S/C18H19F2N3O3S/c19-16-8-7-15(10-17(16)20)27(25,26)23-14-5-3-13(4-6-14)22-18(24)11-1-2-12(21)9-11/h3-8,10-12,23H,1-2,9,21H2,(H,22,24). The fourth-order valence-electron chi connectivity index (χ4n) is 2.98. The van der Waals surface area contributed by atoms with Crippen LogP contribution >= 0.6 is 0 Å². The van der Waals surface area contributed by atoms with Crippen LogP contribution < -0.4 is 15.8 Å². The van der Waals surface area contributed by atoms with Gasteiger partial charge in [-0.2, -0.15) is 0 Å². The molecule has 0 bridgehead atoms. The molecule has 1 saturated carbocycles. The molecule has 4 N–H and O–H groups in total. The lowest BCUT2D eigenvalue weighted by Crippen LogP contribution is -2.23. The molecule has 0 radical (unpaired) electrons. The molecule has 0 aromatic heterocycles. The molecular weight excluding hydrogens is 376 g/mol. The van der Waals surface area contributed by atoms with Gasteiger partial charge in [-0.3, -0.25) is 9.52 Å². The Morgan fingerprint density at radius 2 is 1.67 bits per heavy atom. The molecule has 2 aromatic rings. The molecule has 1 aliphatic rings. The van der Waals surface area contributed by atoms with Crippen LogP contribution in [0.15, 0.2) is 47.4 Å². The van der Waals surface area contributed by atoms with Crippen molar-refractivity contribution in [3.63, 3.8) is 0 Å². The number of anilines is 2. The number of carbonyl (C=O) groups is 1. The summed E-state index contributed by atoms with van der Waals surface area (Å²) in [5.74, 6) is -2.61. The van der Waals surface area contributed by atoms with Gasteiger partial charge in [-0.1, -0.05) is 0 Å². The van der Waals surface area contributed by atoms with E-state index in [4.69, 9.17) is 5.73 Å². The average molecular weight is 395 g/mol. The minimum absolute atomic E-state index is 0.0498. The third-order valence-corrected chi connectivity index (χ3v) is 5.83. The second kappa shape index (κ2) is 7.61. The summed E-state index contributed by atoms with van der Waals surface area (Å²) in [5.41, 5.74) is 6.56. The van der Waals surface area contributed by atoms with Gasteiger partial charge in [0.15, 0.2) is 11.6 Å². The van der Waals surface area contributed by atoms with Crippen LogP contribution in [-0.4, -0.2) is 20.4 Å². The van der Waals surface area contributed by atoms with Crippen molar-refractivity contribution in [3.05, 3.63) is 54.1 Å². The number of carbonyl (C=O) groups excluding carboxylic acids is 1. The summed E-state index contributed by atoms with van der Waals surface area (Å²) in [7, 11) is -4.07. The molecule has 2 aromatic carbocycles. The molecule has 9 heteroatoms. The van der Waals surface area contributed by atoms with E-state index in [-0.39, 0.29) is 23.6 Å². The monoisotopic (exact) mass is 395 g/mol. The third-order valence-electron chi connectivity index (χ3n) is 4.45. The minimum Gasteiger partial charge on any atom is -0.328 e. The molecule has 1 amide bonds. The molecule has 1 fully saturated rings. The zero-order valence-electron chi connectivity index (χ0n) is 14.3. The van der Waals surface area contributed by atoms with E-state index in [1.54, 1.807) is 12.1 Å². The van der Waals surface area contributed by atoms with E-state index in [2.05, 4.69) is 10.0 Å². The fourth-order valence-corrected chi connectivity index (χ4v) is 4.05. The van der Waals surface area contributed by atoms with E-state index in [9.17, 15) is 22.0 Å². The first-order chi connectivity index (χ1) is 12.7. The molecule has 0 heterocycles. The van der Waals surface area contributed by atoms with Crippen LogP contribution in [0.5, 0.6) is 0 Å². The topological polar surface area (TPSA) is 101 Å². The Labute approximate surface area is 155 Å². The quantitative estimate of drug-likeness (QED) is 0.725. The molecule has 27 heavy (non-hydrogen) atoms. The Kier molecular flexibility index (Phi) is 5.43. The molecule has 0 aliphatic heterocycles. The molecule has 144 valence electrons. The lowest BCUT2D eigenvalue weighted by Gasteiger charge is -2.12. The van der Waals surface area contributed by atoms with Crippen molar-refractivity contribution < 1.29 is 22.0 Å². The zero-order chi connectivity index (χ0) is 19.6. The van der Waals surface area contributed by atoms with Crippen molar-refractivity contribution in [1.29, 1.82) is 0 Å². The number of rotatable bonds is 5. The molecular formula is C18H19F2N3O3S. The summed E-state index contributed by atoms with van der Waals surface area (Å²) in [5, 5.41) is 2.78. The van der Waals surface area contributed by atoms with Crippen molar-refractivity contribution in [1.82, 2.24) is 0 Å². The first-order valence-corrected chi connectivity index (χ1v) is 9.87. The summed E-state index contributed by atoms with van der Waals surface area (Å²) in [6.45, 7) is 0. The van der Waals surface area contributed by atoms with Crippen molar-refractivity contribution >= 4 is 27.3 Å². The summed E-state index contributed by atoms with van der Waals surface area (Å²) < 4.78 is 53.0. The van der Waals surface area contributed by atoms with Gasteiger partial charge in [-0.05, 0) is 61.7 Å². The van der Waals surface area contributed by atoms with E-state index in [0.717, 1.165) is 25.0 Å². The largest absolute Gasteiger partial charge is 0.328 e. The van der Waals surface area contributed by atoms with E-state index < -0.39 is 26.6 Å². The highest BCUT2D eigenvalue weighted by molar-refractivity contribution is 7.92. The highest BCUT2D eigenvalue weighted by atomic mass is 32.2. The van der Waals surface area contributed by atoms with Gasteiger partial charge in [0.05, 0.1) is 4.90 Å². The van der Waals surface area contributed by atoms with Crippen molar-refractivity contribution in [2.24, 2.45) is 11.7 Å². The Morgan fingerprint density at radius 3 is 2.26 bits per heavy atom. The number of sulfonamides is 1. The maximum absolute atomic E-state index is 13.3. The van der Waals surface area contributed by atoms with Crippen LogP contribution in [0, 0.1) is 17.6 Å². The molecule has 3 rings (SSSR count). The highest BCUT2D eigenvalue weighted by Crippen LogP contribution is 2.26. The number of hydrogen-bond acceptors (Lipinski definition) is 4. The maximum Gasteiger partial charge on any atom is 0.261 e. The van der Waals surface area contributed by atoms with Gasteiger partial charge in [0, 0.05) is 23.3 Å². The van der Waals surface area contributed by atoms with Gasteiger partial charge in [-0.15, -0.1) is 0 Å². The lowest BCUT2D eigenvalue weighted by atomic mass is 10.1. The number of amides is 1. The average Bonchev–Trinajstić information content (AvgIpc) is 3.05. The summed E-state index contributed by atoms with van der Waals surface area (Å²) >= 11 is 0. The Bertz CT molecular complexity index is 949. The number of hydrogen-bond donors (Lipinski definition) is 3. The molecule has 0 saturated heterocycles. The summed E-state index contributed by atoms with van der Waals surface area (Å²) in [4.78, 5) is 11.8. The van der Waals surface area contributed by atoms with Gasteiger partial charge >= 0.3 is 0 Å². The minimum atomic E-state index is -4.07. The van der Waals surface area contributed by atoms with Gasteiger partial charge in [0.25, 0.3) is 10.0 Å². The van der Waals surface area contributed by atoms with Gasteiger partial charge in [0.1, 0.15) is 0 Å². The van der Waals surface area contributed by atoms with Gasteiger partial charge in [-0.25, -0.2) is 17.2 Å². The molecule has 6 nitrogen and oxygen atoms in total. The van der Waals surface area contributed by atoms with E-state index in [1.807, 2.05) is 0 Å². The van der Waals surface area contributed by atoms with Crippen LogP contribution in [0.25, 0.3) is 0 Å². The Morgan fingerprint density at radius 1 is 1.00 bits per heavy atom. The Balaban J connectivity index is 1.66. The fraction of sp³-hybridized carbons (Fsp3) is 0.278. The summed E-state index contributed by atoms with van der Waals surface area (Å²) in [6, 6.07) is 8.42. The molecule has 0 spiro atoms. The van der Waals surface area contributed by atoms with Gasteiger partial charge < -0.3 is 11.1 Å². The van der Waals surface area contributed by atoms with Crippen molar-refractivity contribution in [2.75, 3.05) is 10.0 Å². The summed E-state index contributed by atoms with van der Waals surface area (Å²) in [6.07, 6.45) is 2.22. The molecule has 1 aliphatic carbocycles. The number of halogens is 2. The molecule has 2 unspecified atom stereocenters. The normalized spacial score (nSPS) is 19.7. The van der Waals surface area contributed by atoms with Crippen LogP contribution in [-0.2, 0) is 14.8 Å². The third kappa shape index (κ3) is 4.61. The van der Waals surface area contributed by atoms with E-state index >= 15 is 0 Å². The van der Waals surface area contributed by atoms with E-state index in [0.29, 0.717) is 18.2 Å². The second-order valence-electron chi connectivity index (χ2n) is 6.52. The van der Waals surface area contributed by atoms with Crippen LogP contribution in [0.3, 0.4) is 0 Å². The number of benzene rings is 2. The maximum atomic E-state index is 13.3. The highest BCUT2D eigenvalue weighted by Gasteiger charge is 2.27. The predicted octanol–water partition coefficient (Wildman–Crippen LogP) is 2.83. The SMILES string of the molecule is NC1CCC(C(=O)Nc2ccc(NS(=O)(=O)c3ccc(F)c(F)c3)cc2)C1. The first kappa shape index (κ1) is 19.2. The number of nitrogens with two attached hydrogens (primary N) is 1. The molecule has 2 atom stereocenters. The number of nitrogens with one attached hydrogen (secondary N) is 2. The smallest absolute Gasteiger partial charge is 0.261 e. The predicted molar refractivity (Wildman–Crippen MR) is 97.6 cm³/mol.